The minimum atomic E-state index is 0.0684. The van der Waals surface area contributed by atoms with Gasteiger partial charge in [-0.05, 0) is 67.6 Å². The van der Waals surface area contributed by atoms with Crippen molar-refractivity contribution >= 4 is 23.9 Å². The zero-order valence-corrected chi connectivity index (χ0v) is 18.5. The number of nitrogens with zero attached hydrogens (tertiary/aromatic N) is 4. The van der Waals surface area contributed by atoms with E-state index in [-0.39, 0.29) is 12.1 Å². The second-order valence-electron chi connectivity index (χ2n) is 10.7. The molecule has 2 aliphatic heterocycles. The van der Waals surface area contributed by atoms with Crippen molar-refractivity contribution in [2.45, 2.75) is 63.1 Å². The predicted octanol–water partition coefficient (Wildman–Crippen LogP) is 3.24. The first-order chi connectivity index (χ1) is 16.1. The highest BCUT2D eigenvalue weighted by Gasteiger charge is 2.52. The Morgan fingerprint density at radius 2 is 2.03 bits per heavy atom. The fourth-order valence-electron chi connectivity index (χ4n) is 6.71. The van der Waals surface area contributed by atoms with Crippen molar-refractivity contribution in [1.82, 2.24) is 29.7 Å². The first-order valence-electron chi connectivity index (χ1n) is 12.1. The molecule has 2 bridgehead atoms. The van der Waals surface area contributed by atoms with Crippen molar-refractivity contribution in [3.63, 3.8) is 0 Å². The Bertz CT molecular complexity index is 1240. The Kier molecular flexibility index (Phi) is 4.05. The van der Waals surface area contributed by atoms with Crippen LogP contribution < -0.4 is 0 Å². The van der Waals surface area contributed by atoms with Crippen LogP contribution in [-0.4, -0.2) is 55.1 Å². The van der Waals surface area contributed by atoms with Crippen LogP contribution in [0.1, 0.15) is 73.5 Å². The number of aromatic nitrogens is 4. The van der Waals surface area contributed by atoms with E-state index in [4.69, 9.17) is 4.98 Å². The van der Waals surface area contributed by atoms with E-state index in [0.29, 0.717) is 17.4 Å². The van der Waals surface area contributed by atoms with Crippen molar-refractivity contribution in [2.75, 3.05) is 6.54 Å². The molecule has 2 aliphatic carbocycles. The Labute approximate surface area is 191 Å². The van der Waals surface area contributed by atoms with Gasteiger partial charge >= 0.3 is 0 Å². The highest BCUT2D eigenvalue weighted by molar-refractivity contribution is 5.76. The number of rotatable bonds is 6. The summed E-state index contributed by atoms with van der Waals surface area (Å²) < 4.78 is 0. The first kappa shape index (κ1) is 19.3. The molecule has 2 saturated heterocycles. The molecule has 170 valence electrons. The molecule has 2 amide bonds. The SMILES string of the molecule is O=CN1CC2(CC2)C[C@H]1c1ncc(Cc2ccc3nc([C@@H]4[C@H]5CC[C@H](C5)N4C=O)[nH]c3c2)[nH]1. The van der Waals surface area contributed by atoms with Crippen LogP contribution >= 0.6 is 0 Å². The van der Waals surface area contributed by atoms with Crippen LogP contribution in [0.3, 0.4) is 0 Å². The number of amides is 2. The van der Waals surface area contributed by atoms with Gasteiger partial charge in [-0.2, -0.15) is 0 Å². The molecule has 4 heterocycles. The van der Waals surface area contributed by atoms with Gasteiger partial charge in [0.15, 0.2) is 0 Å². The van der Waals surface area contributed by atoms with Crippen molar-refractivity contribution in [2.24, 2.45) is 11.3 Å². The molecule has 8 heteroatoms. The summed E-state index contributed by atoms with van der Waals surface area (Å²) in [5, 5.41) is 0. The van der Waals surface area contributed by atoms with Gasteiger partial charge in [-0.25, -0.2) is 9.97 Å². The summed E-state index contributed by atoms with van der Waals surface area (Å²) in [5.74, 6) is 2.32. The fourth-order valence-corrected chi connectivity index (χ4v) is 6.71. The third kappa shape index (κ3) is 3.03. The molecule has 0 unspecified atom stereocenters. The third-order valence-electron chi connectivity index (χ3n) is 8.60. The van der Waals surface area contributed by atoms with Crippen molar-refractivity contribution in [3.05, 3.63) is 47.3 Å². The second-order valence-corrected chi connectivity index (χ2v) is 10.7. The minimum absolute atomic E-state index is 0.0684. The van der Waals surface area contributed by atoms with E-state index < -0.39 is 0 Å². The van der Waals surface area contributed by atoms with Gasteiger partial charge in [0.1, 0.15) is 11.6 Å². The molecular formula is C25H28N6O2. The summed E-state index contributed by atoms with van der Waals surface area (Å²) in [6.07, 6.45) is 11.5. The van der Waals surface area contributed by atoms with E-state index in [1.807, 2.05) is 16.0 Å². The lowest BCUT2D eigenvalue weighted by Crippen LogP contribution is -2.34. The summed E-state index contributed by atoms with van der Waals surface area (Å²) >= 11 is 0. The molecule has 2 saturated carbocycles. The summed E-state index contributed by atoms with van der Waals surface area (Å²) in [5.41, 5.74) is 4.52. The maximum atomic E-state index is 11.7. The molecule has 2 aromatic heterocycles. The van der Waals surface area contributed by atoms with Crippen molar-refractivity contribution in [1.29, 1.82) is 0 Å². The smallest absolute Gasteiger partial charge is 0.210 e. The monoisotopic (exact) mass is 444 g/mol. The summed E-state index contributed by atoms with van der Waals surface area (Å²) in [4.78, 5) is 43.6. The van der Waals surface area contributed by atoms with Gasteiger partial charge in [-0.1, -0.05) is 6.07 Å². The number of fused-ring (bicyclic) bond motifs is 3. The number of nitrogens with one attached hydrogen (secondary N) is 2. The molecule has 8 nitrogen and oxygen atoms in total. The van der Waals surface area contributed by atoms with Crippen molar-refractivity contribution < 1.29 is 9.59 Å². The van der Waals surface area contributed by atoms with Crippen LogP contribution in [0.25, 0.3) is 11.0 Å². The van der Waals surface area contributed by atoms with Gasteiger partial charge < -0.3 is 19.8 Å². The lowest BCUT2D eigenvalue weighted by molar-refractivity contribution is -0.122. The van der Waals surface area contributed by atoms with E-state index in [1.165, 1.54) is 24.8 Å². The number of hydrogen-bond donors (Lipinski definition) is 2. The normalized spacial score (nSPS) is 29.5. The van der Waals surface area contributed by atoms with Gasteiger partial charge in [-0.15, -0.1) is 0 Å². The Balaban J connectivity index is 1.11. The largest absolute Gasteiger partial charge is 0.344 e. The number of piperidine rings is 1. The zero-order valence-electron chi connectivity index (χ0n) is 18.5. The zero-order chi connectivity index (χ0) is 22.2. The topological polar surface area (TPSA) is 98.0 Å². The maximum absolute atomic E-state index is 11.7. The first-order valence-corrected chi connectivity index (χ1v) is 12.1. The second kappa shape index (κ2) is 6.92. The number of hydrogen-bond acceptors (Lipinski definition) is 4. The molecule has 4 aliphatic rings. The minimum Gasteiger partial charge on any atom is -0.344 e. The lowest BCUT2D eigenvalue weighted by Gasteiger charge is -2.30. The van der Waals surface area contributed by atoms with Crippen LogP contribution in [0.5, 0.6) is 0 Å². The lowest BCUT2D eigenvalue weighted by atomic mass is 9.98. The number of imidazole rings is 2. The Hall–Kier alpha value is -3.16. The number of carbonyl (C=O) groups excluding carboxylic acids is 2. The average molecular weight is 445 g/mol. The summed E-state index contributed by atoms with van der Waals surface area (Å²) in [7, 11) is 0. The standard InChI is InChI=1S/C25H28N6O2/c32-13-30-12-25(5-6-25)10-21(30)23-26-11-17(27-23)7-15-1-4-19-20(8-15)29-24(28-19)22-16-2-3-18(9-16)31(22)14-33/h1,4,8,11,13-14,16,18,21-22H,2-3,5-7,9-10,12H2,(H,26,27)(H,28,29)/t16-,18+,21-,22-/m0/s1. The number of H-pyrrole nitrogens is 2. The van der Waals surface area contributed by atoms with Gasteiger partial charge in [0.2, 0.25) is 12.8 Å². The third-order valence-corrected chi connectivity index (χ3v) is 8.60. The molecule has 1 spiro atoms. The predicted molar refractivity (Wildman–Crippen MR) is 121 cm³/mol. The van der Waals surface area contributed by atoms with Gasteiger partial charge in [-0.3, -0.25) is 9.59 Å². The Morgan fingerprint density at radius 3 is 2.85 bits per heavy atom. The van der Waals surface area contributed by atoms with Crippen LogP contribution in [-0.2, 0) is 16.0 Å². The van der Waals surface area contributed by atoms with Crippen molar-refractivity contribution in [3.8, 4) is 0 Å². The summed E-state index contributed by atoms with van der Waals surface area (Å²) in [6.45, 7) is 0.861. The van der Waals surface area contributed by atoms with Crippen LogP contribution in [0.4, 0.5) is 0 Å². The van der Waals surface area contributed by atoms with Gasteiger partial charge in [0.25, 0.3) is 0 Å². The van der Waals surface area contributed by atoms with E-state index >= 15 is 0 Å². The van der Waals surface area contributed by atoms with E-state index in [9.17, 15) is 9.59 Å². The number of benzene rings is 1. The molecule has 4 atom stereocenters. The quantitative estimate of drug-likeness (QED) is 0.570. The molecule has 4 fully saturated rings. The number of carbonyl (C=O) groups is 2. The van der Waals surface area contributed by atoms with Crippen LogP contribution in [0, 0.1) is 11.3 Å². The van der Waals surface area contributed by atoms with Crippen LogP contribution in [0.2, 0.25) is 0 Å². The van der Waals surface area contributed by atoms with E-state index in [0.717, 1.165) is 73.4 Å². The van der Waals surface area contributed by atoms with Crippen LogP contribution in [0.15, 0.2) is 24.4 Å². The van der Waals surface area contributed by atoms with E-state index in [1.54, 1.807) is 0 Å². The Morgan fingerprint density at radius 1 is 1.12 bits per heavy atom. The maximum Gasteiger partial charge on any atom is 0.210 e. The molecule has 33 heavy (non-hydrogen) atoms. The number of aromatic amines is 2. The summed E-state index contributed by atoms with van der Waals surface area (Å²) in [6, 6.07) is 6.84. The molecule has 7 rings (SSSR count). The molecule has 0 radical (unpaired) electrons. The molecule has 2 N–H and O–H groups in total. The molecule has 1 aromatic carbocycles. The van der Waals surface area contributed by atoms with Gasteiger partial charge in [0, 0.05) is 30.9 Å². The number of likely N-dealkylation sites (tertiary alicyclic amines) is 2. The fraction of sp³-hybridized carbons (Fsp3) is 0.520. The average Bonchev–Trinajstić information content (AvgIpc) is 3.38. The van der Waals surface area contributed by atoms with E-state index in [2.05, 4.69) is 33.2 Å². The highest BCUT2D eigenvalue weighted by Crippen LogP contribution is 2.57. The van der Waals surface area contributed by atoms with Gasteiger partial charge in [0.05, 0.1) is 23.1 Å². The molecular weight excluding hydrogens is 416 g/mol. The molecule has 3 aromatic rings. The highest BCUT2D eigenvalue weighted by atomic mass is 16.1.